The molecule has 15 heteroatoms. The van der Waals surface area contributed by atoms with Gasteiger partial charge in [0.15, 0.2) is 6.61 Å². The maximum Gasteiger partial charge on any atom is 2.00 e. The number of aliphatic hydroxyl groups excluding tert-OH is 1. The minimum absolute atomic E-state index is 0. The summed E-state index contributed by atoms with van der Waals surface area (Å²) in [5.41, 5.74) is 2.16. The molecule has 0 aliphatic heterocycles. The SMILES string of the molecule is CO.O=C(COc1cccc2cccnc12)Nc1cccc2cccnc12.O=[N+]([O-])[O-].O=[N+]([O-])[O-].[Cd+2]. The van der Waals surface area contributed by atoms with Crippen molar-refractivity contribution >= 4 is 33.4 Å². The molecular formula is C21H19CdN5O9. The van der Waals surface area contributed by atoms with Gasteiger partial charge in [-0.1, -0.05) is 36.4 Å². The van der Waals surface area contributed by atoms with Crippen molar-refractivity contribution in [2.75, 3.05) is 19.0 Å². The third kappa shape index (κ3) is 11.3. The number of ether oxygens (including phenoxy) is 1. The number of pyridine rings is 2. The summed E-state index contributed by atoms with van der Waals surface area (Å²) in [7, 11) is 1.00. The Kier molecular flexibility index (Phi) is 15.3. The molecule has 4 rings (SSSR count). The molecule has 0 aliphatic carbocycles. The Morgan fingerprint density at radius 2 is 1.28 bits per heavy atom. The summed E-state index contributed by atoms with van der Waals surface area (Å²) in [4.78, 5) is 37.4. The summed E-state index contributed by atoms with van der Waals surface area (Å²) in [5, 5.41) is 41.3. The zero-order valence-electron chi connectivity index (χ0n) is 18.8. The van der Waals surface area contributed by atoms with Gasteiger partial charge in [-0.15, -0.1) is 0 Å². The molecule has 4 aromatic rings. The van der Waals surface area contributed by atoms with Gasteiger partial charge in [0.2, 0.25) is 0 Å². The number of benzene rings is 2. The van der Waals surface area contributed by atoms with E-state index in [1.54, 1.807) is 12.4 Å². The van der Waals surface area contributed by atoms with Gasteiger partial charge in [0.1, 0.15) is 11.3 Å². The number of carbonyl (C=O) groups excluding carboxylic acids is 1. The van der Waals surface area contributed by atoms with E-state index in [0.29, 0.717) is 11.4 Å². The van der Waals surface area contributed by atoms with Gasteiger partial charge < -0.3 is 45.8 Å². The summed E-state index contributed by atoms with van der Waals surface area (Å²) in [5.74, 6) is 0.343. The summed E-state index contributed by atoms with van der Waals surface area (Å²) >= 11 is 0. The van der Waals surface area contributed by atoms with Crippen LogP contribution in [0.3, 0.4) is 0 Å². The molecule has 36 heavy (non-hydrogen) atoms. The van der Waals surface area contributed by atoms with Crippen molar-refractivity contribution in [3.63, 3.8) is 0 Å². The zero-order chi connectivity index (χ0) is 26.2. The minimum Gasteiger partial charge on any atom is -0.481 e. The molecule has 0 saturated carbocycles. The first-order valence-corrected chi connectivity index (χ1v) is 9.46. The van der Waals surface area contributed by atoms with E-state index in [4.69, 9.17) is 40.5 Å². The fraction of sp³-hybridized carbons (Fsp3) is 0.0952. The molecule has 0 unspecified atom stereocenters. The molecule has 0 fully saturated rings. The normalized spacial score (nSPS) is 8.94. The van der Waals surface area contributed by atoms with Crippen molar-refractivity contribution in [2.24, 2.45) is 0 Å². The zero-order valence-corrected chi connectivity index (χ0v) is 22.9. The van der Waals surface area contributed by atoms with Crippen LogP contribution in [0.5, 0.6) is 5.75 Å². The van der Waals surface area contributed by atoms with Crippen LogP contribution >= 0.6 is 0 Å². The molecule has 2 aromatic heterocycles. The fourth-order valence-electron chi connectivity index (χ4n) is 2.73. The van der Waals surface area contributed by atoms with Gasteiger partial charge >= 0.3 is 27.3 Å². The van der Waals surface area contributed by atoms with E-state index in [2.05, 4.69) is 15.3 Å². The number of rotatable bonds is 4. The first kappa shape index (κ1) is 31.8. The van der Waals surface area contributed by atoms with Crippen molar-refractivity contribution in [1.82, 2.24) is 9.97 Å². The third-order valence-corrected chi connectivity index (χ3v) is 3.86. The molecule has 14 nitrogen and oxygen atoms in total. The molecule has 1 amide bonds. The van der Waals surface area contributed by atoms with Crippen molar-refractivity contribution < 1.29 is 52.1 Å². The molecule has 2 heterocycles. The van der Waals surface area contributed by atoms with E-state index in [1.807, 2.05) is 60.7 Å². The number of hydrogen-bond acceptors (Lipinski definition) is 11. The van der Waals surface area contributed by atoms with E-state index in [-0.39, 0.29) is 39.8 Å². The van der Waals surface area contributed by atoms with Crippen LogP contribution in [-0.2, 0) is 32.1 Å². The predicted molar refractivity (Wildman–Crippen MR) is 126 cm³/mol. The number of aromatic nitrogens is 2. The molecule has 2 N–H and O–H groups in total. The van der Waals surface area contributed by atoms with Crippen molar-refractivity contribution in [3.8, 4) is 5.75 Å². The Labute approximate surface area is 223 Å². The number of nitrogens with zero attached hydrogens (tertiary/aromatic N) is 4. The molecule has 0 bridgehead atoms. The van der Waals surface area contributed by atoms with Gasteiger partial charge in [0.05, 0.1) is 21.4 Å². The molecule has 0 radical (unpaired) electrons. The van der Waals surface area contributed by atoms with Crippen LogP contribution in [0.15, 0.2) is 73.1 Å². The summed E-state index contributed by atoms with van der Waals surface area (Å²) < 4.78 is 5.67. The van der Waals surface area contributed by atoms with Gasteiger partial charge in [-0.3, -0.25) is 14.8 Å². The van der Waals surface area contributed by atoms with Crippen LogP contribution in [0.25, 0.3) is 21.8 Å². The average molecular weight is 598 g/mol. The molecular weight excluding hydrogens is 579 g/mol. The quantitative estimate of drug-likeness (QED) is 0.198. The van der Waals surface area contributed by atoms with E-state index < -0.39 is 10.2 Å². The van der Waals surface area contributed by atoms with E-state index >= 15 is 0 Å². The van der Waals surface area contributed by atoms with Crippen LogP contribution in [-0.4, -0.2) is 44.9 Å². The Hall–Kier alpha value is -4.19. The standard InChI is InChI=1S/C20H15N3O2.CH4O.Cd.2NO3/c24-18(23-16-9-1-5-14-7-3-11-21-19(14)16)13-25-17-10-2-6-15-8-4-12-22-20(15)17;1-2;;2*2-1(3)4/h1-12H,13H2,(H,23,24);2H,1H3;;;/q;;+2;2*-1. The van der Waals surface area contributed by atoms with Gasteiger partial charge in [0, 0.05) is 30.3 Å². The maximum absolute atomic E-state index is 12.3. The molecule has 0 spiro atoms. The number of carbonyl (C=O) groups is 1. The largest absolute Gasteiger partial charge is 2.00 e. The number of fused-ring (bicyclic) bond motifs is 2. The molecule has 0 aliphatic rings. The van der Waals surface area contributed by atoms with Crippen LogP contribution < -0.4 is 10.1 Å². The van der Waals surface area contributed by atoms with Gasteiger partial charge in [-0.2, -0.15) is 0 Å². The van der Waals surface area contributed by atoms with Gasteiger partial charge in [-0.05, 0) is 24.3 Å². The Morgan fingerprint density at radius 1 is 0.833 bits per heavy atom. The Bertz CT molecular complexity index is 1250. The third-order valence-electron chi connectivity index (χ3n) is 3.86. The molecule has 0 atom stereocenters. The van der Waals surface area contributed by atoms with Crippen molar-refractivity contribution in [1.29, 1.82) is 0 Å². The predicted octanol–water partition coefficient (Wildman–Crippen LogP) is 2.93. The maximum atomic E-state index is 12.3. The molecule has 0 saturated heterocycles. The van der Waals surface area contributed by atoms with E-state index in [9.17, 15) is 4.79 Å². The molecule has 184 valence electrons. The number of aliphatic hydroxyl groups is 1. The topological polar surface area (TPSA) is 217 Å². The van der Waals surface area contributed by atoms with Crippen LogP contribution in [0.1, 0.15) is 0 Å². The first-order chi connectivity index (χ1) is 16.8. The van der Waals surface area contributed by atoms with E-state index in [1.165, 1.54) is 0 Å². The summed E-state index contributed by atoms with van der Waals surface area (Å²) in [6.07, 6.45) is 3.41. The first-order valence-electron chi connectivity index (χ1n) is 9.46. The summed E-state index contributed by atoms with van der Waals surface area (Å²) in [6, 6.07) is 19.0. The van der Waals surface area contributed by atoms with Gasteiger partial charge in [0.25, 0.3) is 5.91 Å². The minimum atomic E-state index is -1.75. The van der Waals surface area contributed by atoms with Crippen LogP contribution in [0, 0.1) is 30.6 Å². The number of hydrogen-bond donors (Lipinski definition) is 2. The monoisotopic (exact) mass is 599 g/mol. The second kappa shape index (κ2) is 17.3. The van der Waals surface area contributed by atoms with Crippen LogP contribution in [0.4, 0.5) is 5.69 Å². The van der Waals surface area contributed by atoms with Crippen molar-refractivity contribution in [2.45, 2.75) is 0 Å². The number of anilines is 1. The number of amides is 1. The Morgan fingerprint density at radius 3 is 1.83 bits per heavy atom. The summed E-state index contributed by atoms with van der Waals surface area (Å²) in [6.45, 7) is -0.0983. The van der Waals surface area contributed by atoms with Crippen LogP contribution in [0.2, 0.25) is 0 Å². The number of nitrogens with one attached hydrogen (secondary N) is 1. The Balaban J connectivity index is 0.000000967. The second-order valence-corrected chi connectivity index (χ2v) is 6.00. The second-order valence-electron chi connectivity index (χ2n) is 6.00. The smallest absolute Gasteiger partial charge is 0.481 e. The van der Waals surface area contributed by atoms with Crippen molar-refractivity contribution in [3.05, 3.63) is 104 Å². The molecule has 2 aromatic carbocycles. The van der Waals surface area contributed by atoms with E-state index in [0.717, 1.165) is 28.9 Å². The average Bonchev–Trinajstić information content (AvgIpc) is 2.83. The number of para-hydroxylation sites is 2. The van der Waals surface area contributed by atoms with Gasteiger partial charge in [-0.25, -0.2) is 0 Å². The fourth-order valence-corrected chi connectivity index (χ4v) is 2.73.